The third kappa shape index (κ3) is 2.82. The van der Waals surface area contributed by atoms with Crippen molar-refractivity contribution in [1.82, 2.24) is 10.2 Å². The van der Waals surface area contributed by atoms with E-state index >= 15 is 0 Å². The number of hydrogen-bond donors (Lipinski definition) is 1. The molecule has 3 nitrogen and oxygen atoms in total. The molecule has 0 aromatic carbocycles. The standard InChI is InChI=1S/C14H26N2O/c1-4-12-6-5-7-16(12)14(17)13-9-10(2)8-11(3)15-13/h10-13,15H,4-9H2,1-3H3. The van der Waals surface area contributed by atoms with Crippen LogP contribution in [0, 0.1) is 5.92 Å². The highest BCUT2D eigenvalue weighted by molar-refractivity contribution is 5.82. The molecule has 1 amide bonds. The molecule has 2 rings (SSSR count). The first-order chi connectivity index (χ1) is 8.11. The predicted molar refractivity (Wildman–Crippen MR) is 69.8 cm³/mol. The summed E-state index contributed by atoms with van der Waals surface area (Å²) >= 11 is 0. The van der Waals surface area contributed by atoms with Crippen LogP contribution in [0.4, 0.5) is 0 Å². The van der Waals surface area contributed by atoms with E-state index in [0.29, 0.717) is 23.9 Å². The number of rotatable bonds is 2. The Morgan fingerprint density at radius 3 is 2.76 bits per heavy atom. The fourth-order valence-corrected chi connectivity index (χ4v) is 3.50. The van der Waals surface area contributed by atoms with Crippen molar-refractivity contribution in [3.8, 4) is 0 Å². The smallest absolute Gasteiger partial charge is 0.239 e. The zero-order chi connectivity index (χ0) is 12.4. The van der Waals surface area contributed by atoms with Crippen molar-refractivity contribution in [3.05, 3.63) is 0 Å². The van der Waals surface area contributed by atoms with Crippen LogP contribution in [-0.4, -0.2) is 35.5 Å². The number of amides is 1. The molecule has 2 heterocycles. The molecule has 1 N–H and O–H groups in total. The molecule has 0 aliphatic carbocycles. The fourth-order valence-electron chi connectivity index (χ4n) is 3.50. The van der Waals surface area contributed by atoms with E-state index in [-0.39, 0.29) is 6.04 Å². The molecule has 0 bridgehead atoms. The van der Waals surface area contributed by atoms with Crippen LogP contribution < -0.4 is 5.32 Å². The normalized spacial score (nSPS) is 38.4. The monoisotopic (exact) mass is 238 g/mol. The molecule has 0 radical (unpaired) electrons. The van der Waals surface area contributed by atoms with Crippen molar-refractivity contribution in [2.45, 2.75) is 71.0 Å². The summed E-state index contributed by atoms with van der Waals surface area (Å²) in [5.41, 5.74) is 0. The molecule has 0 spiro atoms. The van der Waals surface area contributed by atoms with Gasteiger partial charge in [-0.05, 0) is 44.9 Å². The number of carbonyl (C=O) groups is 1. The molecule has 0 saturated carbocycles. The van der Waals surface area contributed by atoms with Gasteiger partial charge in [0.05, 0.1) is 6.04 Å². The summed E-state index contributed by atoms with van der Waals surface area (Å²) in [6.45, 7) is 7.62. The second-order valence-electron chi connectivity index (χ2n) is 5.93. The third-order valence-electron chi connectivity index (χ3n) is 4.31. The Morgan fingerprint density at radius 1 is 1.35 bits per heavy atom. The van der Waals surface area contributed by atoms with E-state index in [1.54, 1.807) is 0 Å². The summed E-state index contributed by atoms with van der Waals surface area (Å²) in [5.74, 6) is 1.02. The number of nitrogens with one attached hydrogen (secondary N) is 1. The average molecular weight is 238 g/mol. The molecule has 4 unspecified atom stereocenters. The predicted octanol–water partition coefficient (Wildman–Crippen LogP) is 2.16. The Hall–Kier alpha value is -0.570. The van der Waals surface area contributed by atoms with E-state index < -0.39 is 0 Å². The topological polar surface area (TPSA) is 32.3 Å². The van der Waals surface area contributed by atoms with Crippen LogP contribution in [0.5, 0.6) is 0 Å². The molecule has 0 aromatic rings. The molecule has 0 aromatic heterocycles. The second-order valence-corrected chi connectivity index (χ2v) is 5.93. The van der Waals surface area contributed by atoms with Gasteiger partial charge in [-0.15, -0.1) is 0 Å². The molecule has 2 saturated heterocycles. The van der Waals surface area contributed by atoms with Gasteiger partial charge in [0, 0.05) is 18.6 Å². The quantitative estimate of drug-likeness (QED) is 0.799. The van der Waals surface area contributed by atoms with E-state index in [0.717, 1.165) is 19.4 Å². The minimum atomic E-state index is 0.0703. The summed E-state index contributed by atoms with van der Waals surface area (Å²) in [6.07, 6.45) is 5.68. The number of likely N-dealkylation sites (tertiary alicyclic amines) is 1. The maximum atomic E-state index is 12.5. The molecule has 2 aliphatic heterocycles. The fraction of sp³-hybridized carbons (Fsp3) is 0.929. The summed E-state index contributed by atoms with van der Waals surface area (Å²) in [5, 5.41) is 3.48. The molecular weight excluding hydrogens is 212 g/mol. The molecule has 2 fully saturated rings. The van der Waals surface area contributed by atoms with Crippen molar-refractivity contribution < 1.29 is 4.79 Å². The highest BCUT2D eigenvalue weighted by Gasteiger charge is 2.35. The van der Waals surface area contributed by atoms with Crippen molar-refractivity contribution in [3.63, 3.8) is 0 Å². The van der Waals surface area contributed by atoms with E-state index in [2.05, 4.69) is 31.0 Å². The van der Waals surface area contributed by atoms with Crippen molar-refractivity contribution in [2.24, 2.45) is 5.92 Å². The molecule has 98 valence electrons. The summed E-state index contributed by atoms with van der Waals surface area (Å²) in [4.78, 5) is 14.7. The van der Waals surface area contributed by atoms with Gasteiger partial charge in [0.25, 0.3) is 0 Å². The van der Waals surface area contributed by atoms with E-state index in [4.69, 9.17) is 0 Å². The largest absolute Gasteiger partial charge is 0.338 e. The molecule has 4 atom stereocenters. The van der Waals surface area contributed by atoms with Gasteiger partial charge in [-0.3, -0.25) is 4.79 Å². The highest BCUT2D eigenvalue weighted by Crippen LogP contribution is 2.25. The second kappa shape index (κ2) is 5.38. The number of piperidine rings is 1. The molecule has 17 heavy (non-hydrogen) atoms. The van der Waals surface area contributed by atoms with Crippen LogP contribution in [0.2, 0.25) is 0 Å². The van der Waals surface area contributed by atoms with Gasteiger partial charge in [0.15, 0.2) is 0 Å². The number of hydrogen-bond acceptors (Lipinski definition) is 2. The van der Waals surface area contributed by atoms with Crippen LogP contribution in [0.1, 0.15) is 52.9 Å². The first-order valence-corrected chi connectivity index (χ1v) is 7.18. The number of nitrogens with zero attached hydrogens (tertiary/aromatic N) is 1. The Balaban J connectivity index is 1.99. The average Bonchev–Trinajstić information content (AvgIpc) is 2.74. The van der Waals surface area contributed by atoms with Crippen molar-refractivity contribution in [2.75, 3.05) is 6.54 Å². The van der Waals surface area contributed by atoms with Gasteiger partial charge in [-0.25, -0.2) is 0 Å². The van der Waals surface area contributed by atoms with Crippen molar-refractivity contribution >= 4 is 5.91 Å². The van der Waals surface area contributed by atoms with Gasteiger partial charge in [-0.1, -0.05) is 13.8 Å². The van der Waals surface area contributed by atoms with Crippen LogP contribution in [0.3, 0.4) is 0 Å². The van der Waals surface area contributed by atoms with E-state index in [9.17, 15) is 4.79 Å². The maximum absolute atomic E-state index is 12.5. The van der Waals surface area contributed by atoms with Gasteiger partial charge in [-0.2, -0.15) is 0 Å². The lowest BCUT2D eigenvalue weighted by Crippen LogP contribution is -2.54. The number of carbonyl (C=O) groups excluding carboxylic acids is 1. The van der Waals surface area contributed by atoms with Gasteiger partial charge >= 0.3 is 0 Å². The lowest BCUT2D eigenvalue weighted by Gasteiger charge is -2.36. The van der Waals surface area contributed by atoms with Crippen LogP contribution in [0.25, 0.3) is 0 Å². The lowest BCUT2D eigenvalue weighted by molar-refractivity contribution is -0.135. The highest BCUT2D eigenvalue weighted by atomic mass is 16.2. The third-order valence-corrected chi connectivity index (χ3v) is 4.31. The van der Waals surface area contributed by atoms with E-state index in [1.165, 1.54) is 19.3 Å². The first-order valence-electron chi connectivity index (χ1n) is 7.18. The summed E-state index contributed by atoms with van der Waals surface area (Å²) in [6, 6.07) is 1.05. The van der Waals surface area contributed by atoms with Crippen LogP contribution in [0.15, 0.2) is 0 Å². The Morgan fingerprint density at radius 2 is 2.12 bits per heavy atom. The zero-order valence-electron chi connectivity index (χ0n) is 11.4. The zero-order valence-corrected chi connectivity index (χ0v) is 11.4. The Bertz CT molecular complexity index is 269. The van der Waals surface area contributed by atoms with Gasteiger partial charge in [0.2, 0.25) is 5.91 Å². The SMILES string of the molecule is CCC1CCCN1C(=O)C1CC(C)CC(C)N1. The van der Waals surface area contributed by atoms with Gasteiger partial charge < -0.3 is 10.2 Å². The lowest BCUT2D eigenvalue weighted by atomic mass is 9.89. The van der Waals surface area contributed by atoms with Gasteiger partial charge in [0.1, 0.15) is 0 Å². The molecule has 3 heteroatoms. The Labute approximate surface area is 105 Å². The minimum absolute atomic E-state index is 0.0703. The van der Waals surface area contributed by atoms with Crippen molar-refractivity contribution in [1.29, 1.82) is 0 Å². The summed E-state index contributed by atoms with van der Waals surface area (Å²) < 4.78 is 0. The summed E-state index contributed by atoms with van der Waals surface area (Å²) in [7, 11) is 0. The Kier molecular flexibility index (Phi) is 4.08. The first kappa shape index (κ1) is 12.9. The van der Waals surface area contributed by atoms with Crippen LogP contribution in [-0.2, 0) is 4.79 Å². The maximum Gasteiger partial charge on any atom is 0.239 e. The van der Waals surface area contributed by atoms with Crippen LogP contribution >= 0.6 is 0 Å². The molecule has 2 aliphatic rings. The minimum Gasteiger partial charge on any atom is -0.338 e. The molecular formula is C14H26N2O. The van der Waals surface area contributed by atoms with E-state index in [1.807, 2.05) is 0 Å².